The first-order valence-corrected chi connectivity index (χ1v) is 10.5. The minimum atomic E-state index is -0.460. The summed E-state index contributed by atoms with van der Waals surface area (Å²) in [6.07, 6.45) is 0.0942. The summed E-state index contributed by atoms with van der Waals surface area (Å²) >= 11 is 1.57. The number of benzene rings is 2. The van der Waals surface area contributed by atoms with Gasteiger partial charge in [-0.25, -0.2) is 4.39 Å². The quantitative estimate of drug-likeness (QED) is 0.548. The van der Waals surface area contributed by atoms with Crippen LogP contribution >= 0.6 is 11.3 Å². The highest BCUT2D eigenvalue weighted by molar-refractivity contribution is 7.10. The lowest BCUT2D eigenvalue weighted by molar-refractivity contribution is -0.121. The van der Waals surface area contributed by atoms with E-state index in [9.17, 15) is 14.0 Å². The number of rotatable bonds is 9. The Morgan fingerprint density at radius 2 is 1.80 bits per heavy atom. The molecule has 0 bridgehead atoms. The van der Waals surface area contributed by atoms with Crippen molar-refractivity contribution in [3.63, 3.8) is 0 Å². The highest BCUT2D eigenvalue weighted by atomic mass is 32.1. The van der Waals surface area contributed by atoms with Gasteiger partial charge < -0.3 is 16.0 Å². The molecule has 3 aromatic rings. The van der Waals surface area contributed by atoms with Gasteiger partial charge in [0.2, 0.25) is 11.8 Å². The van der Waals surface area contributed by atoms with Gasteiger partial charge in [-0.2, -0.15) is 0 Å². The summed E-state index contributed by atoms with van der Waals surface area (Å²) in [6.45, 7) is 2.30. The molecule has 156 valence electrons. The number of hydrogen-bond acceptors (Lipinski definition) is 4. The van der Waals surface area contributed by atoms with Crippen molar-refractivity contribution in [3.8, 4) is 0 Å². The maximum absolute atomic E-state index is 13.3. The van der Waals surface area contributed by atoms with E-state index in [1.807, 2.05) is 48.7 Å². The molecule has 0 aliphatic carbocycles. The van der Waals surface area contributed by atoms with Crippen LogP contribution < -0.4 is 16.0 Å². The Labute approximate surface area is 179 Å². The van der Waals surface area contributed by atoms with E-state index in [1.165, 1.54) is 12.1 Å². The monoisotopic (exact) mass is 425 g/mol. The summed E-state index contributed by atoms with van der Waals surface area (Å²) in [7, 11) is 0. The molecule has 30 heavy (non-hydrogen) atoms. The van der Waals surface area contributed by atoms with Crippen LogP contribution in [0.25, 0.3) is 0 Å². The van der Waals surface area contributed by atoms with Crippen LogP contribution in [-0.2, 0) is 9.59 Å². The fourth-order valence-electron chi connectivity index (χ4n) is 3.11. The van der Waals surface area contributed by atoms with Crippen LogP contribution in [-0.4, -0.2) is 24.9 Å². The Bertz CT molecular complexity index is 973. The number of anilines is 1. The number of amides is 2. The second-order valence-corrected chi connectivity index (χ2v) is 8.02. The lowest BCUT2D eigenvalue weighted by atomic mass is 10.0. The number of nitrogens with one attached hydrogen (secondary N) is 1. The summed E-state index contributed by atoms with van der Waals surface area (Å²) < 4.78 is 13.3. The number of nitrogens with zero attached hydrogens (tertiary/aromatic N) is 1. The number of hydrogen-bond donors (Lipinski definition) is 2. The molecule has 2 aromatic carbocycles. The van der Waals surface area contributed by atoms with Crippen LogP contribution in [0.4, 0.5) is 10.1 Å². The maximum Gasteiger partial charge on any atom is 0.240 e. The zero-order chi connectivity index (χ0) is 21.5. The molecule has 1 atom stereocenters. The normalized spacial score (nSPS) is 11.7. The van der Waals surface area contributed by atoms with Crippen LogP contribution in [0.3, 0.4) is 0 Å². The third kappa shape index (κ3) is 5.90. The lowest BCUT2D eigenvalue weighted by Crippen LogP contribution is -2.40. The van der Waals surface area contributed by atoms with Crippen LogP contribution in [0.15, 0.2) is 66.0 Å². The van der Waals surface area contributed by atoms with Gasteiger partial charge in [0.1, 0.15) is 5.82 Å². The molecule has 0 saturated heterocycles. The highest BCUT2D eigenvalue weighted by Gasteiger charge is 2.20. The summed E-state index contributed by atoms with van der Waals surface area (Å²) in [4.78, 5) is 27.0. The minimum Gasteiger partial charge on any atom is -0.370 e. The molecule has 0 aliphatic rings. The molecule has 2 amide bonds. The Hall–Kier alpha value is -3.19. The summed E-state index contributed by atoms with van der Waals surface area (Å²) in [5.74, 6) is -1.03. The third-order valence-corrected chi connectivity index (χ3v) is 5.64. The smallest absolute Gasteiger partial charge is 0.240 e. The molecule has 5 nitrogen and oxygen atoms in total. The van der Waals surface area contributed by atoms with Crippen LogP contribution in [0, 0.1) is 12.7 Å². The van der Waals surface area contributed by atoms with Crippen molar-refractivity contribution in [2.45, 2.75) is 19.4 Å². The average molecular weight is 426 g/mol. The molecule has 1 aromatic heterocycles. The molecule has 7 heteroatoms. The first-order chi connectivity index (χ1) is 14.4. The van der Waals surface area contributed by atoms with Crippen molar-refractivity contribution in [1.82, 2.24) is 5.32 Å². The van der Waals surface area contributed by atoms with Crippen molar-refractivity contribution >= 4 is 28.8 Å². The van der Waals surface area contributed by atoms with E-state index >= 15 is 0 Å². The van der Waals surface area contributed by atoms with Crippen molar-refractivity contribution in [1.29, 1.82) is 0 Å². The standard InChI is InChI=1S/C23H24FN3O2S/c1-16-4-6-17(7-5-16)23(20-3-2-14-30-20)26-22(29)15-27(13-12-21(25)28)19-10-8-18(24)9-11-19/h2-11,14,23H,12-13,15H2,1H3,(H2,25,28)(H,26,29). The van der Waals surface area contributed by atoms with E-state index in [0.29, 0.717) is 5.69 Å². The Balaban J connectivity index is 1.78. The zero-order valence-electron chi connectivity index (χ0n) is 16.7. The van der Waals surface area contributed by atoms with Gasteiger partial charge in [-0.3, -0.25) is 9.59 Å². The molecule has 1 unspecified atom stereocenters. The minimum absolute atomic E-state index is 0.0205. The number of nitrogens with two attached hydrogens (primary N) is 1. The fourth-order valence-corrected chi connectivity index (χ4v) is 3.91. The van der Waals surface area contributed by atoms with Gasteiger partial charge in [0.25, 0.3) is 0 Å². The van der Waals surface area contributed by atoms with Crippen molar-refractivity contribution in [3.05, 3.63) is 87.9 Å². The molecule has 0 radical (unpaired) electrons. The molecule has 0 fully saturated rings. The van der Waals surface area contributed by atoms with Crippen LogP contribution in [0.1, 0.15) is 28.5 Å². The molecule has 1 heterocycles. The largest absolute Gasteiger partial charge is 0.370 e. The van der Waals surface area contributed by atoms with Gasteiger partial charge in [-0.1, -0.05) is 35.9 Å². The maximum atomic E-state index is 13.3. The number of aryl methyl sites for hydroxylation is 1. The number of carbonyl (C=O) groups excluding carboxylic acids is 2. The lowest BCUT2D eigenvalue weighted by Gasteiger charge is -2.26. The molecular formula is C23H24FN3O2S. The van der Waals surface area contributed by atoms with Crippen LogP contribution in [0.5, 0.6) is 0 Å². The van der Waals surface area contributed by atoms with Gasteiger partial charge in [0, 0.05) is 23.5 Å². The SMILES string of the molecule is Cc1ccc(C(NC(=O)CN(CCC(N)=O)c2ccc(F)cc2)c2cccs2)cc1. The van der Waals surface area contributed by atoms with Gasteiger partial charge in [-0.05, 0) is 48.2 Å². The topological polar surface area (TPSA) is 75.4 Å². The molecule has 3 N–H and O–H groups in total. The van der Waals surface area contributed by atoms with E-state index in [1.54, 1.807) is 28.4 Å². The van der Waals surface area contributed by atoms with E-state index < -0.39 is 5.91 Å². The second kappa shape index (κ2) is 10.0. The number of primary amides is 1. The molecule has 0 saturated carbocycles. The van der Waals surface area contributed by atoms with Crippen molar-refractivity contribution < 1.29 is 14.0 Å². The Kier molecular flexibility index (Phi) is 7.19. The fraction of sp³-hybridized carbons (Fsp3) is 0.217. The van der Waals surface area contributed by atoms with Crippen LogP contribution in [0.2, 0.25) is 0 Å². The number of halogens is 1. The molecule has 0 spiro atoms. The Morgan fingerprint density at radius 3 is 2.40 bits per heavy atom. The third-order valence-electron chi connectivity index (χ3n) is 4.70. The second-order valence-electron chi connectivity index (χ2n) is 7.04. The first-order valence-electron chi connectivity index (χ1n) is 9.60. The van der Waals surface area contributed by atoms with Crippen molar-refractivity contribution in [2.75, 3.05) is 18.0 Å². The number of thiophene rings is 1. The molecular weight excluding hydrogens is 401 g/mol. The molecule has 3 rings (SSSR count). The van der Waals surface area contributed by atoms with Gasteiger partial charge in [0.15, 0.2) is 0 Å². The molecule has 0 aliphatic heterocycles. The predicted octanol–water partition coefficient (Wildman–Crippen LogP) is 3.78. The first kappa shape index (κ1) is 21.5. The predicted molar refractivity (Wildman–Crippen MR) is 118 cm³/mol. The van der Waals surface area contributed by atoms with Gasteiger partial charge in [-0.15, -0.1) is 11.3 Å². The summed E-state index contributed by atoms with van der Waals surface area (Å²) in [5, 5.41) is 5.07. The Morgan fingerprint density at radius 1 is 1.10 bits per heavy atom. The van der Waals surface area contributed by atoms with Gasteiger partial charge >= 0.3 is 0 Å². The number of carbonyl (C=O) groups is 2. The summed E-state index contributed by atoms with van der Waals surface area (Å²) in [5.41, 5.74) is 8.06. The van der Waals surface area contributed by atoms with Gasteiger partial charge in [0.05, 0.1) is 12.6 Å². The van der Waals surface area contributed by atoms with E-state index in [-0.39, 0.29) is 37.3 Å². The summed E-state index contributed by atoms with van der Waals surface area (Å²) in [6, 6.07) is 17.5. The van der Waals surface area contributed by atoms with E-state index in [2.05, 4.69) is 5.32 Å². The van der Waals surface area contributed by atoms with Crippen molar-refractivity contribution in [2.24, 2.45) is 5.73 Å². The highest BCUT2D eigenvalue weighted by Crippen LogP contribution is 2.26. The average Bonchev–Trinajstić information content (AvgIpc) is 3.25. The van der Waals surface area contributed by atoms with E-state index in [0.717, 1.165) is 16.0 Å². The zero-order valence-corrected chi connectivity index (χ0v) is 17.5. The van der Waals surface area contributed by atoms with E-state index in [4.69, 9.17) is 5.73 Å².